The summed E-state index contributed by atoms with van der Waals surface area (Å²) in [6.07, 6.45) is -4.82. The summed E-state index contributed by atoms with van der Waals surface area (Å²) >= 11 is 0. The van der Waals surface area contributed by atoms with Crippen LogP contribution in [0.5, 0.6) is 11.5 Å². The molecule has 0 N–H and O–H groups in total. The van der Waals surface area contributed by atoms with E-state index in [4.69, 9.17) is 4.74 Å². The molecule has 0 unspecified atom stereocenters. The Labute approximate surface area is 89.8 Å². The van der Waals surface area contributed by atoms with Crippen molar-refractivity contribution in [1.82, 2.24) is 0 Å². The number of benzene rings is 1. The van der Waals surface area contributed by atoms with Crippen molar-refractivity contribution in [3.05, 3.63) is 23.8 Å². The molecule has 0 fully saturated rings. The van der Waals surface area contributed by atoms with E-state index >= 15 is 0 Å². The van der Waals surface area contributed by atoms with Crippen LogP contribution in [0.4, 0.5) is 17.6 Å². The molecule has 0 saturated carbocycles. The number of alkyl halides is 4. The first-order chi connectivity index (χ1) is 7.46. The van der Waals surface area contributed by atoms with Gasteiger partial charge in [0, 0.05) is 5.56 Å². The van der Waals surface area contributed by atoms with Crippen LogP contribution in [0.1, 0.15) is 12.5 Å². The van der Waals surface area contributed by atoms with Gasteiger partial charge in [-0.05, 0) is 25.1 Å². The molecule has 0 amide bonds. The second-order valence-electron chi connectivity index (χ2n) is 2.88. The molecular weight excluding hydrogens is 228 g/mol. The molecule has 90 valence electrons. The van der Waals surface area contributed by atoms with Crippen molar-refractivity contribution in [2.24, 2.45) is 0 Å². The molecule has 1 aromatic carbocycles. The normalized spacial score (nSPS) is 11.3. The summed E-state index contributed by atoms with van der Waals surface area (Å²) < 4.78 is 57.0. The molecule has 0 aliphatic rings. The fraction of sp³-hybridized carbons (Fsp3) is 0.400. The average molecular weight is 238 g/mol. The molecule has 0 aliphatic heterocycles. The van der Waals surface area contributed by atoms with E-state index in [1.807, 2.05) is 0 Å². The van der Waals surface area contributed by atoms with Crippen molar-refractivity contribution in [2.75, 3.05) is 6.61 Å². The zero-order valence-electron chi connectivity index (χ0n) is 8.47. The van der Waals surface area contributed by atoms with Crippen LogP contribution < -0.4 is 9.47 Å². The Morgan fingerprint density at radius 1 is 1.25 bits per heavy atom. The van der Waals surface area contributed by atoms with Crippen molar-refractivity contribution in [3.63, 3.8) is 0 Å². The Morgan fingerprint density at radius 3 is 2.44 bits per heavy atom. The van der Waals surface area contributed by atoms with Crippen LogP contribution in [0.15, 0.2) is 18.2 Å². The standard InChI is InChI=1S/C10H10F4O2/c1-2-15-8-3-4-9(7(5-8)6-11)16-10(12,13)14/h3-5H,2,6H2,1H3. The molecule has 0 radical (unpaired) electrons. The largest absolute Gasteiger partial charge is 0.573 e. The van der Waals surface area contributed by atoms with Crippen molar-refractivity contribution >= 4 is 0 Å². The lowest BCUT2D eigenvalue weighted by Crippen LogP contribution is -2.18. The third-order valence-electron chi connectivity index (χ3n) is 1.71. The summed E-state index contributed by atoms with van der Waals surface area (Å²) in [6.45, 7) is 1.02. The topological polar surface area (TPSA) is 18.5 Å². The lowest BCUT2D eigenvalue weighted by molar-refractivity contribution is -0.275. The maximum atomic E-state index is 12.5. The fourth-order valence-corrected chi connectivity index (χ4v) is 1.14. The van der Waals surface area contributed by atoms with Gasteiger partial charge in [0.1, 0.15) is 18.2 Å². The molecule has 0 spiro atoms. The summed E-state index contributed by atoms with van der Waals surface area (Å²) in [6, 6.07) is 3.52. The van der Waals surface area contributed by atoms with E-state index in [1.54, 1.807) is 6.92 Å². The lowest BCUT2D eigenvalue weighted by atomic mass is 10.2. The minimum Gasteiger partial charge on any atom is -0.494 e. The van der Waals surface area contributed by atoms with Gasteiger partial charge in [0.25, 0.3) is 0 Å². The van der Waals surface area contributed by atoms with Gasteiger partial charge < -0.3 is 9.47 Å². The second kappa shape index (κ2) is 5.05. The quantitative estimate of drug-likeness (QED) is 0.748. The zero-order valence-corrected chi connectivity index (χ0v) is 8.47. The highest BCUT2D eigenvalue weighted by molar-refractivity contribution is 5.40. The van der Waals surface area contributed by atoms with Gasteiger partial charge in [-0.25, -0.2) is 4.39 Å². The predicted octanol–water partition coefficient (Wildman–Crippen LogP) is 3.45. The molecule has 0 saturated heterocycles. The smallest absolute Gasteiger partial charge is 0.494 e. The van der Waals surface area contributed by atoms with Gasteiger partial charge in [0.05, 0.1) is 6.61 Å². The third kappa shape index (κ3) is 3.60. The molecule has 0 heterocycles. The molecule has 1 rings (SSSR count). The van der Waals surface area contributed by atoms with Gasteiger partial charge in [-0.15, -0.1) is 13.2 Å². The Kier molecular flexibility index (Phi) is 3.98. The van der Waals surface area contributed by atoms with Crippen LogP contribution in [0.3, 0.4) is 0 Å². The van der Waals surface area contributed by atoms with Gasteiger partial charge in [-0.1, -0.05) is 0 Å². The number of hydrogen-bond acceptors (Lipinski definition) is 2. The first-order valence-corrected chi connectivity index (χ1v) is 4.53. The highest BCUT2D eigenvalue weighted by Crippen LogP contribution is 2.30. The van der Waals surface area contributed by atoms with Crippen molar-refractivity contribution in [3.8, 4) is 11.5 Å². The average Bonchev–Trinajstić information content (AvgIpc) is 2.18. The SMILES string of the molecule is CCOc1ccc(OC(F)(F)F)c(CF)c1. The number of halogens is 4. The first kappa shape index (κ1) is 12.6. The van der Waals surface area contributed by atoms with Gasteiger partial charge in [-0.2, -0.15) is 0 Å². The lowest BCUT2D eigenvalue weighted by Gasteiger charge is -2.12. The molecular formula is C10H10F4O2. The molecule has 0 atom stereocenters. The maximum absolute atomic E-state index is 12.5. The van der Waals surface area contributed by atoms with Gasteiger partial charge in [-0.3, -0.25) is 0 Å². The Morgan fingerprint density at radius 2 is 1.94 bits per heavy atom. The second-order valence-corrected chi connectivity index (χ2v) is 2.88. The van der Waals surface area contributed by atoms with Crippen LogP contribution in [-0.4, -0.2) is 13.0 Å². The monoisotopic (exact) mass is 238 g/mol. The Balaban J connectivity index is 2.93. The molecule has 16 heavy (non-hydrogen) atoms. The van der Waals surface area contributed by atoms with Crippen LogP contribution in [0, 0.1) is 0 Å². The molecule has 0 aliphatic carbocycles. The van der Waals surface area contributed by atoms with Crippen molar-refractivity contribution < 1.29 is 27.0 Å². The molecule has 0 aromatic heterocycles. The van der Waals surface area contributed by atoms with E-state index in [0.717, 1.165) is 6.07 Å². The number of hydrogen-bond donors (Lipinski definition) is 0. The molecule has 1 aromatic rings. The maximum Gasteiger partial charge on any atom is 0.573 e. The minimum absolute atomic E-state index is 0.191. The van der Waals surface area contributed by atoms with Crippen LogP contribution >= 0.6 is 0 Å². The van der Waals surface area contributed by atoms with Gasteiger partial charge in [0.15, 0.2) is 0 Å². The molecule has 2 nitrogen and oxygen atoms in total. The van der Waals surface area contributed by atoms with E-state index in [-0.39, 0.29) is 5.56 Å². The highest BCUT2D eigenvalue weighted by Gasteiger charge is 2.32. The van der Waals surface area contributed by atoms with Gasteiger partial charge >= 0.3 is 6.36 Å². The van der Waals surface area contributed by atoms with Crippen molar-refractivity contribution in [1.29, 1.82) is 0 Å². The van der Waals surface area contributed by atoms with Crippen LogP contribution in [0.25, 0.3) is 0 Å². The molecule has 0 bridgehead atoms. The number of rotatable bonds is 4. The van der Waals surface area contributed by atoms with E-state index < -0.39 is 18.8 Å². The van der Waals surface area contributed by atoms with Crippen molar-refractivity contribution in [2.45, 2.75) is 20.0 Å². The van der Waals surface area contributed by atoms with E-state index in [0.29, 0.717) is 12.4 Å². The number of ether oxygens (including phenoxy) is 2. The van der Waals surface area contributed by atoms with E-state index in [2.05, 4.69) is 4.74 Å². The Hall–Kier alpha value is -1.46. The zero-order chi connectivity index (χ0) is 12.2. The highest BCUT2D eigenvalue weighted by atomic mass is 19.4. The first-order valence-electron chi connectivity index (χ1n) is 4.53. The van der Waals surface area contributed by atoms with Crippen LogP contribution in [-0.2, 0) is 6.67 Å². The fourth-order valence-electron chi connectivity index (χ4n) is 1.14. The van der Waals surface area contributed by atoms with Crippen LogP contribution in [0.2, 0.25) is 0 Å². The summed E-state index contributed by atoms with van der Waals surface area (Å²) in [7, 11) is 0. The van der Waals surface area contributed by atoms with E-state index in [1.165, 1.54) is 12.1 Å². The third-order valence-corrected chi connectivity index (χ3v) is 1.71. The summed E-state index contributed by atoms with van der Waals surface area (Å²) in [5.74, 6) is -0.233. The summed E-state index contributed by atoms with van der Waals surface area (Å²) in [4.78, 5) is 0. The predicted molar refractivity (Wildman–Crippen MR) is 49.1 cm³/mol. The minimum atomic E-state index is -4.82. The van der Waals surface area contributed by atoms with Gasteiger partial charge in [0.2, 0.25) is 0 Å². The van der Waals surface area contributed by atoms with E-state index in [9.17, 15) is 17.6 Å². The summed E-state index contributed by atoms with van der Waals surface area (Å²) in [5.41, 5.74) is -0.191. The summed E-state index contributed by atoms with van der Waals surface area (Å²) in [5, 5.41) is 0. The Bertz CT molecular complexity index is 349. The molecule has 6 heteroatoms.